The first kappa shape index (κ1) is 19.0. The van der Waals surface area contributed by atoms with Crippen LogP contribution < -0.4 is 4.90 Å². The highest BCUT2D eigenvalue weighted by Gasteiger charge is 2.25. The fourth-order valence-corrected chi connectivity index (χ4v) is 5.32. The van der Waals surface area contributed by atoms with Crippen LogP contribution in [0.1, 0.15) is 19.3 Å². The molecule has 2 fully saturated rings. The number of nitrogens with zero attached hydrogens (tertiary/aromatic N) is 4. The summed E-state index contributed by atoms with van der Waals surface area (Å²) in [6.07, 6.45) is 5.85. The topological polar surface area (TPSA) is 41.5 Å². The maximum atomic E-state index is 5.98. The molecule has 0 amide bonds. The quantitative estimate of drug-likeness (QED) is 0.545. The van der Waals surface area contributed by atoms with E-state index in [1.165, 1.54) is 37.1 Å². The van der Waals surface area contributed by atoms with Crippen molar-refractivity contribution in [2.24, 2.45) is 5.92 Å². The van der Waals surface area contributed by atoms with E-state index in [0.29, 0.717) is 5.92 Å². The van der Waals surface area contributed by atoms with E-state index < -0.39 is 0 Å². The van der Waals surface area contributed by atoms with Crippen LogP contribution in [0, 0.1) is 5.92 Å². The van der Waals surface area contributed by atoms with Gasteiger partial charge in [-0.05, 0) is 37.9 Å². The van der Waals surface area contributed by atoms with Gasteiger partial charge in [0.05, 0.1) is 13.2 Å². The van der Waals surface area contributed by atoms with E-state index in [2.05, 4.69) is 39.4 Å². The summed E-state index contributed by atoms with van der Waals surface area (Å²) in [6, 6.07) is 10.5. The summed E-state index contributed by atoms with van der Waals surface area (Å²) in [4.78, 5) is 15.5. The molecule has 1 aromatic carbocycles. The average molecular weight is 409 g/mol. The lowest BCUT2D eigenvalue weighted by molar-refractivity contribution is 0.0877. The van der Waals surface area contributed by atoms with Gasteiger partial charge in [0.1, 0.15) is 4.83 Å². The molecular weight excluding hydrogens is 380 g/mol. The van der Waals surface area contributed by atoms with Crippen LogP contribution in [0.15, 0.2) is 41.9 Å². The van der Waals surface area contributed by atoms with E-state index in [-0.39, 0.29) is 0 Å². The Morgan fingerprint density at radius 2 is 1.97 bits per heavy atom. The largest absolute Gasteiger partial charge is 0.380 e. The first-order valence-electron chi connectivity index (χ1n) is 10.7. The molecule has 4 heterocycles. The minimum Gasteiger partial charge on any atom is -0.380 e. The molecule has 2 aliphatic rings. The fraction of sp³-hybridized carbons (Fsp3) is 0.478. The van der Waals surface area contributed by atoms with Crippen molar-refractivity contribution >= 4 is 27.5 Å². The van der Waals surface area contributed by atoms with Crippen molar-refractivity contribution in [3.05, 3.63) is 41.9 Å². The van der Waals surface area contributed by atoms with Gasteiger partial charge in [-0.1, -0.05) is 30.3 Å². The molecule has 3 aromatic rings. The van der Waals surface area contributed by atoms with Crippen molar-refractivity contribution in [2.75, 3.05) is 50.8 Å². The van der Waals surface area contributed by atoms with Gasteiger partial charge in [-0.25, -0.2) is 9.97 Å². The van der Waals surface area contributed by atoms with Gasteiger partial charge in [0.15, 0.2) is 0 Å². The molecule has 152 valence electrons. The van der Waals surface area contributed by atoms with Crippen LogP contribution in [0.2, 0.25) is 0 Å². The maximum absolute atomic E-state index is 5.98. The van der Waals surface area contributed by atoms with Crippen molar-refractivity contribution < 1.29 is 4.74 Å². The Kier molecular flexibility index (Phi) is 5.74. The van der Waals surface area contributed by atoms with Gasteiger partial charge in [0, 0.05) is 48.1 Å². The van der Waals surface area contributed by atoms with Crippen molar-refractivity contribution in [1.29, 1.82) is 0 Å². The Balaban J connectivity index is 1.18. The van der Waals surface area contributed by atoms with Gasteiger partial charge in [-0.3, -0.25) is 0 Å². The van der Waals surface area contributed by atoms with Crippen LogP contribution in [0.3, 0.4) is 0 Å². The molecule has 1 atom stereocenters. The van der Waals surface area contributed by atoms with Crippen LogP contribution >= 0.6 is 11.3 Å². The van der Waals surface area contributed by atoms with Crippen molar-refractivity contribution in [3.8, 4) is 11.1 Å². The zero-order valence-corrected chi connectivity index (χ0v) is 17.6. The molecule has 2 aromatic heterocycles. The second kappa shape index (κ2) is 8.78. The monoisotopic (exact) mass is 408 g/mol. The maximum Gasteiger partial charge on any atom is 0.226 e. The number of hydrogen-bond acceptors (Lipinski definition) is 6. The Morgan fingerprint density at radius 1 is 1.10 bits per heavy atom. The summed E-state index contributed by atoms with van der Waals surface area (Å²) >= 11 is 1.70. The van der Waals surface area contributed by atoms with Crippen LogP contribution in [0.25, 0.3) is 21.3 Å². The standard InChI is InChI=1S/C23H28N4OS/c1-2-6-19(7-3-1)21-17-29-22-20(21)14-24-23(25-22)27-11-8-18(15-27)16-28-13-12-26-9-4-5-10-26/h1-3,6-7,14,17-18H,4-5,8-13,15-16H2. The van der Waals surface area contributed by atoms with Gasteiger partial charge < -0.3 is 14.5 Å². The minimum absolute atomic E-state index is 0.580. The molecule has 5 nitrogen and oxygen atoms in total. The van der Waals surface area contributed by atoms with E-state index in [9.17, 15) is 0 Å². The van der Waals surface area contributed by atoms with Crippen molar-refractivity contribution in [3.63, 3.8) is 0 Å². The summed E-state index contributed by atoms with van der Waals surface area (Å²) in [5.41, 5.74) is 2.45. The van der Waals surface area contributed by atoms with Gasteiger partial charge in [0.2, 0.25) is 5.95 Å². The predicted molar refractivity (Wildman–Crippen MR) is 120 cm³/mol. The predicted octanol–water partition coefficient (Wildman–Crippen LogP) is 4.30. The first-order chi connectivity index (χ1) is 14.4. The van der Waals surface area contributed by atoms with E-state index in [0.717, 1.165) is 55.4 Å². The van der Waals surface area contributed by atoms with Gasteiger partial charge >= 0.3 is 0 Å². The van der Waals surface area contributed by atoms with Crippen LogP contribution in [-0.4, -0.2) is 60.8 Å². The van der Waals surface area contributed by atoms with Crippen LogP contribution in [-0.2, 0) is 4.74 Å². The summed E-state index contributed by atoms with van der Waals surface area (Å²) in [6.45, 7) is 7.29. The highest BCUT2D eigenvalue weighted by molar-refractivity contribution is 7.17. The number of hydrogen-bond donors (Lipinski definition) is 0. The molecule has 1 unspecified atom stereocenters. The molecule has 6 heteroatoms. The van der Waals surface area contributed by atoms with E-state index in [4.69, 9.17) is 14.7 Å². The normalized spacial score (nSPS) is 20.1. The molecule has 0 N–H and O–H groups in total. The number of anilines is 1. The summed E-state index contributed by atoms with van der Waals surface area (Å²) in [7, 11) is 0. The lowest BCUT2D eigenvalue weighted by atomic mass is 10.1. The number of benzene rings is 1. The molecule has 0 radical (unpaired) electrons. The third-order valence-corrected chi connectivity index (χ3v) is 6.97. The van der Waals surface area contributed by atoms with Crippen molar-refractivity contribution in [1.82, 2.24) is 14.9 Å². The van der Waals surface area contributed by atoms with E-state index in [1.807, 2.05) is 12.3 Å². The Hall–Kier alpha value is -2.02. The second-order valence-corrected chi connectivity index (χ2v) is 8.99. The molecule has 0 bridgehead atoms. The highest BCUT2D eigenvalue weighted by atomic mass is 32.1. The average Bonchev–Trinajstić information content (AvgIpc) is 3.52. The third-order valence-electron chi connectivity index (χ3n) is 6.08. The zero-order valence-electron chi connectivity index (χ0n) is 16.8. The van der Waals surface area contributed by atoms with Gasteiger partial charge in [-0.2, -0.15) is 0 Å². The van der Waals surface area contributed by atoms with Gasteiger partial charge in [-0.15, -0.1) is 11.3 Å². The molecule has 0 spiro atoms. The second-order valence-electron chi connectivity index (χ2n) is 8.13. The van der Waals surface area contributed by atoms with E-state index in [1.54, 1.807) is 11.3 Å². The number of aromatic nitrogens is 2. The number of thiophene rings is 1. The number of fused-ring (bicyclic) bond motifs is 1. The lowest BCUT2D eigenvalue weighted by Gasteiger charge is -2.17. The lowest BCUT2D eigenvalue weighted by Crippen LogP contribution is -2.26. The summed E-state index contributed by atoms with van der Waals surface area (Å²) in [5, 5.41) is 3.34. The highest BCUT2D eigenvalue weighted by Crippen LogP contribution is 2.33. The van der Waals surface area contributed by atoms with E-state index >= 15 is 0 Å². The summed E-state index contributed by atoms with van der Waals surface area (Å²) < 4.78 is 5.98. The molecule has 5 rings (SSSR count). The third kappa shape index (κ3) is 4.29. The number of likely N-dealkylation sites (tertiary alicyclic amines) is 1. The molecular formula is C23H28N4OS. The number of ether oxygens (including phenoxy) is 1. The molecule has 29 heavy (non-hydrogen) atoms. The fourth-order valence-electron chi connectivity index (χ4n) is 4.40. The Labute approximate surface area is 176 Å². The first-order valence-corrected chi connectivity index (χ1v) is 11.6. The zero-order chi connectivity index (χ0) is 19.5. The SMILES string of the molecule is c1ccc(-c2csc3nc(N4CCC(COCCN5CCCC5)C4)ncc23)cc1. The smallest absolute Gasteiger partial charge is 0.226 e. The van der Waals surface area contributed by atoms with Crippen LogP contribution in [0.5, 0.6) is 0 Å². The Morgan fingerprint density at radius 3 is 2.83 bits per heavy atom. The number of rotatable bonds is 7. The molecule has 2 saturated heterocycles. The molecule has 2 aliphatic heterocycles. The molecule has 0 saturated carbocycles. The van der Waals surface area contributed by atoms with Crippen molar-refractivity contribution in [2.45, 2.75) is 19.3 Å². The molecule has 0 aliphatic carbocycles. The summed E-state index contributed by atoms with van der Waals surface area (Å²) in [5.74, 6) is 1.44. The Bertz CT molecular complexity index is 938. The minimum atomic E-state index is 0.580. The van der Waals surface area contributed by atoms with Crippen LogP contribution in [0.4, 0.5) is 5.95 Å². The van der Waals surface area contributed by atoms with Gasteiger partial charge in [0.25, 0.3) is 0 Å².